The molecule has 0 fully saturated rings. The lowest BCUT2D eigenvalue weighted by atomic mass is 10.1. The van der Waals surface area contributed by atoms with Crippen LogP contribution in [0.1, 0.15) is 27.0 Å². The number of halogens is 2. The fraction of sp³-hybridized carbons (Fsp3) is 0.130. The molecule has 30 heavy (non-hydrogen) atoms. The molecule has 0 heterocycles. The van der Waals surface area contributed by atoms with Crippen molar-refractivity contribution in [3.05, 3.63) is 93.2 Å². The van der Waals surface area contributed by atoms with E-state index in [1.165, 1.54) is 19.4 Å². The molecule has 0 radical (unpaired) electrons. The Hall–Kier alpha value is -3.19. The van der Waals surface area contributed by atoms with Crippen LogP contribution < -0.4 is 14.9 Å². The number of hydrazone groups is 1. The van der Waals surface area contributed by atoms with E-state index in [4.69, 9.17) is 9.47 Å². The third kappa shape index (κ3) is 5.45. The number of hydrogen-bond acceptors (Lipinski definition) is 4. The topological polar surface area (TPSA) is 59.9 Å². The number of rotatable bonds is 7. The maximum Gasteiger partial charge on any atom is 0.271 e. The van der Waals surface area contributed by atoms with E-state index in [1.54, 1.807) is 42.5 Å². The molecule has 0 spiro atoms. The zero-order valence-electron chi connectivity index (χ0n) is 16.5. The molecule has 5 nitrogen and oxygen atoms in total. The van der Waals surface area contributed by atoms with Crippen LogP contribution in [0.25, 0.3) is 0 Å². The van der Waals surface area contributed by atoms with Gasteiger partial charge in [-0.3, -0.25) is 4.79 Å². The molecule has 3 aromatic rings. The van der Waals surface area contributed by atoms with E-state index >= 15 is 0 Å². The van der Waals surface area contributed by atoms with E-state index in [-0.39, 0.29) is 18.3 Å². The summed E-state index contributed by atoms with van der Waals surface area (Å²) in [6.07, 6.45) is 1.50. The van der Waals surface area contributed by atoms with Crippen LogP contribution in [0.5, 0.6) is 11.5 Å². The van der Waals surface area contributed by atoms with E-state index in [2.05, 4.69) is 26.5 Å². The summed E-state index contributed by atoms with van der Waals surface area (Å²) in [4.78, 5) is 12.2. The molecule has 154 valence electrons. The molecule has 3 aromatic carbocycles. The second-order valence-corrected chi connectivity index (χ2v) is 7.33. The Bertz CT molecular complexity index is 1090. The van der Waals surface area contributed by atoms with Crippen molar-refractivity contribution in [3.63, 3.8) is 0 Å². The lowest BCUT2D eigenvalue weighted by Crippen LogP contribution is -2.17. The lowest BCUT2D eigenvalue weighted by molar-refractivity contribution is 0.0955. The summed E-state index contributed by atoms with van der Waals surface area (Å²) in [5.74, 6) is 0.279. The molecule has 0 aliphatic rings. The molecule has 0 aromatic heterocycles. The Morgan fingerprint density at radius 3 is 2.67 bits per heavy atom. The predicted molar refractivity (Wildman–Crippen MR) is 118 cm³/mol. The molecule has 0 aliphatic heterocycles. The number of amides is 1. The predicted octanol–water partition coefficient (Wildman–Crippen LogP) is 5.25. The maximum absolute atomic E-state index is 13.8. The Morgan fingerprint density at radius 1 is 1.13 bits per heavy atom. The zero-order chi connectivity index (χ0) is 21.5. The quantitative estimate of drug-likeness (QED) is 0.379. The molecule has 0 atom stereocenters. The number of nitrogens with one attached hydrogen (secondary N) is 1. The molecule has 0 unspecified atom stereocenters. The minimum atomic E-state index is -0.330. The van der Waals surface area contributed by atoms with Crippen molar-refractivity contribution < 1.29 is 18.7 Å². The minimum Gasteiger partial charge on any atom is -0.493 e. The molecule has 0 saturated heterocycles. The number of nitrogens with zero attached hydrogens (tertiary/aromatic N) is 1. The van der Waals surface area contributed by atoms with Gasteiger partial charge in [-0.25, -0.2) is 9.82 Å². The first kappa shape index (κ1) is 21.5. The van der Waals surface area contributed by atoms with Gasteiger partial charge in [-0.05, 0) is 53.2 Å². The van der Waals surface area contributed by atoms with Crippen LogP contribution in [0, 0.1) is 12.7 Å². The molecule has 1 N–H and O–H groups in total. The Kier molecular flexibility index (Phi) is 7.19. The van der Waals surface area contributed by atoms with Crippen LogP contribution in [0.3, 0.4) is 0 Å². The fourth-order valence-corrected chi connectivity index (χ4v) is 3.13. The number of hydrogen-bond donors (Lipinski definition) is 1. The van der Waals surface area contributed by atoms with E-state index in [9.17, 15) is 9.18 Å². The van der Waals surface area contributed by atoms with Gasteiger partial charge < -0.3 is 9.47 Å². The first-order valence-electron chi connectivity index (χ1n) is 9.11. The van der Waals surface area contributed by atoms with Crippen LogP contribution in [-0.2, 0) is 6.61 Å². The van der Waals surface area contributed by atoms with E-state index in [0.717, 1.165) is 5.56 Å². The summed E-state index contributed by atoms with van der Waals surface area (Å²) in [6, 6.07) is 17.1. The minimum absolute atomic E-state index is 0.0649. The lowest BCUT2D eigenvalue weighted by Gasteiger charge is -2.13. The number of ether oxygens (including phenoxy) is 2. The molecule has 3 rings (SSSR count). The van der Waals surface area contributed by atoms with E-state index in [1.807, 2.05) is 19.1 Å². The van der Waals surface area contributed by atoms with Crippen molar-refractivity contribution in [2.24, 2.45) is 5.10 Å². The number of benzene rings is 3. The van der Waals surface area contributed by atoms with Crippen molar-refractivity contribution in [1.29, 1.82) is 0 Å². The maximum atomic E-state index is 13.8. The fourth-order valence-electron chi connectivity index (χ4n) is 2.70. The molecule has 0 aliphatic carbocycles. The summed E-state index contributed by atoms with van der Waals surface area (Å²) < 4.78 is 25.6. The summed E-state index contributed by atoms with van der Waals surface area (Å²) in [7, 11) is 1.51. The van der Waals surface area contributed by atoms with Gasteiger partial charge >= 0.3 is 0 Å². The second kappa shape index (κ2) is 10.0. The highest BCUT2D eigenvalue weighted by Crippen LogP contribution is 2.33. The highest BCUT2D eigenvalue weighted by molar-refractivity contribution is 9.10. The summed E-state index contributed by atoms with van der Waals surface area (Å²) in [5, 5.41) is 4.02. The zero-order valence-corrected chi connectivity index (χ0v) is 18.1. The van der Waals surface area contributed by atoms with Crippen LogP contribution >= 0.6 is 15.9 Å². The van der Waals surface area contributed by atoms with Gasteiger partial charge in [-0.1, -0.05) is 35.9 Å². The largest absolute Gasteiger partial charge is 0.493 e. The van der Waals surface area contributed by atoms with Crippen LogP contribution in [0.4, 0.5) is 4.39 Å². The number of carbonyl (C=O) groups is 1. The van der Waals surface area contributed by atoms with E-state index in [0.29, 0.717) is 32.7 Å². The Morgan fingerprint density at radius 2 is 1.93 bits per heavy atom. The van der Waals surface area contributed by atoms with Gasteiger partial charge in [0.25, 0.3) is 5.91 Å². The smallest absolute Gasteiger partial charge is 0.271 e. The number of methoxy groups -OCH3 is 1. The molecule has 0 saturated carbocycles. The van der Waals surface area contributed by atoms with Crippen molar-refractivity contribution in [1.82, 2.24) is 5.43 Å². The van der Waals surface area contributed by atoms with Crippen molar-refractivity contribution in [2.45, 2.75) is 13.5 Å². The normalized spacial score (nSPS) is 10.8. The number of aryl methyl sites for hydroxylation is 1. The summed E-state index contributed by atoms with van der Waals surface area (Å²) in [5.41, 5.74) is 5.14. The molecule has 7 heteroatoms. The first-order valence-corrected chi connectivity index (χ1v) is 9.91. The molecular weight excluding hydrogens is 451 g/mol. The van der Waals surface area contributed by atoms with Gasteiger partial charge in [0.15, 0.2) is 11.5 Å². The third-order valence-electron chi connectivity index (χ3n) is 4.27. The van der Waals surface area contributed by atoms with Crippen molar-refractivity contribution in [3.8, 4) is 11.5 Å². The second-order valence-electron chi connectivity index (χ2n) is 6.47. The average molecular weight is 471 g/mol. The van der Waals surface area contributed by atoms with Gasteiger partial charge in [-0.15, -0.1) is 0 Å². The Labute approximate surface area is 182 Å². The van der Waals surface area contributed by atoms with Crippen LogP contribution in [0.2, 0.25) is 0 Å². The molecular formula is C23H20BrFN2O3. The number of carbonyl (C=O) groups excluding carboxylic acids is 1. The highest BCUT2D eigenvalue weighted by atomic mass is 79.9. The highest BCUT2D eigenvalue weighted by Gasteiger charge is 2.11. The molecule has 0 bridgehead atoms. The van der Waals surface area contributed by atoms with Gasteiger partial charge in [-0.2, -0.15) is 5.10 Å². The monoisotopic (exact) mass is 470 g/mol. The SMILES string of the molecule is COc1cc(/C=N/NC(=O)c2cccc(C)c2)c(Br)cc1OCc1ccccc1F. The van der Waals surface area contributed by atoms with Crippen LogP contribution in [0.15, 0.2) is 70.2 Å². The van der Waals surface area contributed by atoms with Crippen LogP contribution in [-0.4, -0.2) is 19.2 Å². The standard InChI is InChI=1S/C23H20BrFN2O3/c1-15-6-5-8-16(10-15)23(28)27-26-13-18-11-21(29-2)22(12-19(18)24)30-14-17-7-3-4-9-20(17)25/h3-13H,14H2,1-2H3,(H,27,28)/b26-13+. The summed E-state index contributed by atoms with van der Waals surface area (Å²) in [6.45, 7) is 1.98. The van der Waals surface area contributed by atoms with Gasteiger partial charge in [0, 0.05) is 21.2 Å². The van der Waals surface area contributed by atoms with Crippen molar-refractivity contribution >= 4 is 28.1 Å². The van der Waals surface area contributed by atoms with Gasteiger partial charge in [0.1, 0.15) is 12.4 Å². The average Bonchev–Trinajstić information content (AvgIpc) is 2.74. The van der Waals surface area contributed by atoms with Crippen molar-refractivity contribution in [2.75, 3.05) is 7.11 Å². The van der Waals surface area contributed by atoms with Gasteiger partial charge in [0.2, 0.25) is 0 Å². The van der Waals surface area contributed by atoms with Gasteiger partial charge in [0.05, 0.1) is 13.3 Å². The first-order chi connectivity index (χ1) is 14.5. The third-order valence-corrected chi connectivity index (χ3v) is 4.96. The Balaban J connectivity index is 1.71. The summed E-state index contributed by atoms with van der Waals surface area (Å²) >= 11 is 3.46. The molecule has 1 amide bonds. The van der Waals surface area contributed by atoms with E-state index < -0.39 is 0 Å².